The fourth-order valence-corrected chi connectivity index (χ4v) is 3.00. The second-order valence-corrected chi connectivity index (χ2v) is 6.55. The lowest BCUT2D eigenvalue weighted by atomic mass is 10.0. The average Bonchev–Trinajstić information content (AvgIpc) is 2.75. The lowest BCUT2D eigenvalue weighted by Crippen LogP contribution is -2.40. The zero-order valence-corrected chi connectivity index (χ0v) is 12.9. The van der Waals surface area contributed by atoms with Gasteiger partial charge in [0, 0.05) is 6.42 Å². The number of ether oxygens (including phenoxy) is 3. The van der Waals surface area contributed by atoms with Gasteiger partial charge in [-0.25, -0.2) is 0 Å². The molecule has 3 heteroatoms. The Morgan fingerprint density at radius 1 is 1.19 bits per heavy atom. The second kappa shape index (κ2) is 5.91. The van der Waals surface area contributed by atoms with Gasteiger partial charge < -0.3 is 14.2 Å². The van der Waals surface area contributed by atoms with Crippen molar-refractivity contribution < 1.29 is 14.2 Å². The van der Waals surface area contributed by atoms with Crippen LogP contribution in [0.2, 0.25) is 0 Å². The Balaban J connectivity index is 1.50. The van der Waals surface area contributed by atoms with Crippen LogP contribution in [0, 0.1) is 0 Å². The highest BCUT2D eigenvalue weighted by atomic mass is 16.7. The molecule has 0 aromatic heterocycles. The third kappa shape index (κ3) is 3.73. The molecule has 114 valence electrons. The van der Waals surface area contributed by atoms with Gasteiger partial charge in [-0.05, 0) is 38.3 Å². The Morgan fingerprint density at radius 3 is 2.71 bits per heavy atom. The standard InChI is InChI=1S/C18H24O3/c1-17(2)11-12-18(21-17)10-6-9-16(20-18)14-19-13-15-7-4-3-5-8-15/h3-8,10,16H,9,11-14H2,1-2H3. The minimum atomic E-state index is -0.525. The van der Waals surface area contributed by atoms with E-state index in [0.717, 1.165) is 19.3 Å². The molecule has 3 rings (SSSR count). The highest BCUT2D eigenvalue weighted by molar-refractivity contribution is 5.13. The lowest BCUT2D eigenvalue weighted by Gasteiger charge is -2.35. The zero-order valence-electron chi connectivity index (χ0n) is 12.9. The van der Waals surface area contributed by atoms with Gasteiger partial charge in [-0.2, -0.15) is 0 Å². The Bertz CT molecular complexity index is 494. The predicted octanol–water partition coefficient (Wildman–Crippen LogP) is 3.83. The Labute approximate surface area is 126 Å². The molecule has 2 atom stereocenters. The van der Waals surface area contributed by atoms with Crippen molar-refractivity contribution in [1.29, 1.82) is 0 Å². The summed E-state index contributed by atoms with van der Waals surface area (Å²) >= 11 is 0. The molecule has 1 aromatic carbocycles. The topological polar surface area (TPSA) is 27.7 Å². The maximum absolute atomic E-state index is 6.17. The summed E-state index contributed by atoms with van der Waals surface area (Å²) in [6, 6.07) is 10.2. The molecule has 0 bridgehead atoms. The Hall–Kier alpha value is -1.16. The number of hydrogen-bond acceptors (Lipinski definition) is 3. The van der Waals surface area contributed by atoms with Crippen LogP contribution in [-0.2, 0) is 20.8 Å². The molecule has 0 saturated carbocycles. The van der Waals surface area contributed by atoms with Crippen LogP contribution in [0.5, 0.6) is 0 Å². The molecule has 3 nitrogen and oxygen atoms in total. The van der Waals surface area contributed by atoms with E-state index in [4.69, 9.17) is 14.2 Å². The summed E-state index contributed by atoms with van der Waals surface area (Å²) in [5.41, 5.74) is 1.09. The number of benzene rings is 1. The summed E-state index contributed by atoms with van der Waals surface area (Å²) in [5, 5.41) is 0. The molecule has 0 amide bonds. The summed E-state index contributed by atoms with van der Waals surface area (Å²) in [5.74, 6) is -0.525. The molecule has 1 saturated heterocycles. The fraction of sp³-hybridized carbons (Fsp3) is 0.556. The largest absolute Gasteiger partial charge is 0.374 e. The molecule has 0 radical (unpaired) electrons. The normalized spacial score (nSPS) is 30.9. The van der Waals surface area contributed by atoms with Gasteiger partial charge in [0.2, 0.25) is 0 Å². The fourth-order valence-electron chi connectivity index (χ4n) is 3.00. The van der Waals surface area contributed by atoms with Gasteiger partial charge in [0.05, 0.1) is 24.9 Å². The van der Waals surface area contributed by atoms with Crippen LogP contribution in [-0.4, -0.2) is 24.1 Å². The van der Waals surface area contributed by atoms with Gasteiger partial charge in [0.25, 0.3) is 0 Å². The van der Waals surface area contributed by atoms with E-state index in [1.165, 1.54) is 5.56 Å². The quantitative estimate of drug-likeness (QED) is 0.788. The first-order valence-electron chi connectivity index (χ1n) is 7.74. The molecule has 0 N–H and O–H groups in total. The molecule has 2 aliphatic rings. The van der Waals surface area contributed by atoms with Crippen LogP contribution in [0.4, 0.5) is 0 Å². The molecule has 21 heavy (non-hydrogen) atoms. The van der Waals surface area contributed by atoms with Crippen LogP contribution in [0.15, 0.2) is 42.5 Å². The van der Waals surface area contributed by atoms with Crippen molar-refractivity contribution in [3.05, 3.63) is 48.0 Å². The van der Waals surface area contributed by atoms with Crippen molar-refractivity contribution in [1.82, 2.24) is 0 Å². The maximum Gasteiger partial charge on any atom is 0.188 e. The van der Waals surface area contributed by atoms with E-state index in [0.29, 0.717) is 13.2 Å². The van der Waals surface area contributed by atoms with Crippen molar-refractivity contribution in [3.63, 3.8) is 0 Å². The van der Waals surface area contributed by atoms with Crippen molar-refractivity contribution >= 4 is 0 Å². The van der Waals surface area contributed by atoms with Gasteiger partial charge in [0.1, 0.15) is 0 Å². The third-order valence-corrected chi connectivity index (χ3v) is 4.08. The van der Waals surface area contributed by atoms with E-state index in [9.17, 15) is 0 Å². The molecule has 2 heterocycles. The van der Waals surface area contributed by atoms with Gasteiger partial charge in [-0.3, -0.25) is 0 Å². The zero-order chi connectivity index (χ0) is 14.8. The highest BCUT2D eigenvalue weighted by Crippen LogP contribution is 2.42. The third-order valence-electron chi connectivity index (χ3n) is 4.08. The molecule has 1 aromatic rings. The van der Waals surface area contributed by atoms with E-state index >= 15 is 0 Å². The number of rotatable bonds is 4. The molecule has 2 aliphatic heterocycles. The van der Waals surface area contributed by atoms with E-state index in [2.05, 4.69) is 38.1 Å². The molecular formula is C18H24O3. The summed E-state index contributed by atoms with van der Waals surface area (Å²) in [4.78, 5) is 0. The average molecular weight is 288 g/mol. The molecule has 1 fully saturated rings. The number of hydrogen-bond donors (Lipinski definition) is 0. The summed E-state index contributed by atoms with van der Waals surface area (Å²) in [6.45, 7) is 5.47. The predicted molar refractivity (Wildman–Crippen MR) is 81.9 cm³/mol. The SMILES string of the molecule is CC1(C)CCC2(C=CCC(COCc3ccccc3)O2)O1. The van der Waals surface area contributed by atoms with Crippen LogP contribution < -0.4 is 0 Å². The smallest absolute Gasteiger partial charge is 0.188 e. The van der Waals surface area contributed by atoms with E-state index < -0.39 is 5.79 Å². The van der Waals surface area contributed by atoms with Gasteiger partial charge in [-0.1, -0.05) is 36.4 Å². The molecular weight excluding hydrogens is 264 g/mol. The van der Waals surface area contributed by atoms with Crippen molar-refractivity contribution in [2.75, 3.05) is 6.61 Å². The van der Waals surface area contributed by atoms with Gasteiger partial charge >= 0.3 is 0 Å². The van der Waals surface area contributed by atoms with E-state index in [1.807, 2.05) is 18.2 Å². The van der Waals surface area contributed by atoms with Crippen LogP contribution >= 0.6 is 0 Å². The minimum Gasteiger partial charge on any atom is -0.374 e. The summed E-state index contributed by atoms with van der Waals surface area (Å²) in [7, 11) is 0. The minimum absolute atomic E-state index is 0.0765. The lowest BCUT2D eigenvalue weighted by molar-refractivity contribution is -0.247. The first-order chi connectivity index (χ1) is 10.1. The molecule has 0 aliphatic carbocycles. The van der Waals surface area contributed by atoms with E-state index in [-0.39, 0.29) is 11.7 Å². The summed E-state index contributed by atoms with van der Waals surface area (Å²) in [6.07, 6.45) is 7.16. The Morgan fingerprint density at radius 2 is 2.00 bits per heavy atom. The molecule has 2 unspecified atom stereocenters. The van der Waals surface area contributed by atoms with Crippen LogP contribution in [0.3, 0.4) is 0 Å². The summed E-state index contributed by atoms with van der Waals surface area (Å²) < 4.78 is 18.1. The molecule has 1 spiro atoms. The second-order valence-electron chi connectivity index (χ2n) is 6.55. The van der Waals surface area contributed by atoms with Crippen LogP contribution in [0.25, 0.3) is 0 Å². The van der Waals surface area contributed by atoms with Crippen molar-refractivity contribution in [2.45, 2.75) is 57.2 Å². The Kier molecular flexibility index (Phi) is 4.16. The van der Waals surface area contributed by atoms with Gasteiger partial charge in [-0.15, -0.1) is 0 Å². The van der Waals surface area contributed by atoms with Crippen LogP contribution in [0.1, 0.15) is 38.7 Å². The van der Waals surface area contributed by atoms with Crippen molar-refractivity contribution in [3.8, 4) is 0 Å². The van der Waals surface area contributed by atoms with Gasteiger partial charge in [0.15, 0.2) is 5.79 Å². The maximum atomic E-state index is 6.17. The first-order valence-corrected chi connectivity index (χ1v) is 7.74. The van der Waals surface area contributed by atoms with E-state index in [1.54, 1.807) is 0 Å². The first kappa shape index (κ1) is 14.8. The highest BCUT2D eigenvalue weighted by Gasteiger charge is 2.46. The monoisotopic (exact) mass is 288 g/mol. The van der Waals surface area contributed by atoms with Crippen molar-refractivity contribution in [2.24, 2.45) is 0 Å².